The van der Waals surface area contributed by atoms with E-state index >= 15 is 0 Å². The van der Waals surface area contributed by atoms with Gasteiger partial charge in [-0.05, 0) is 33.2 Å². The molecule has 0 aromatic rings. The van der Waals surface area contributed by atoms with E-state index in [1.807, 2.05) is 13.8 Å². The van der Waals surface area contributed by atoms with Gasteiger partial charge in [0.25, 0.3) is 0 Å². The fourth-order valence-corrected chi connectivity index (χ4v) is 1.56. The molecule has 0 radical (unpaired) electrons. The predicted molar refractivity (Wildman–Crippen MR) is 64.1 cm³/mol. The van der Waals surface area contributed by atoms with Gasteiger partial charge in [0, 0.05) is 18.6 Å². The molecule has 0 unspecified atom stereocenters. The molecule has 1 saturated heterocycles. The zero-order valence-corrected chi connectivity index (χ0v) is 10.3. The molecule has 0 aliphatic carbocycles. The first-order valence-corrected chi connectivity index (χ1v) is 5.28. The highest BCUT2D eigenvalue weighted by Gasteiger charge is 2.25. The van der Waals surface area contributed by atoms with Gasteiger partial charge in [0.05, 0.1) is 5.92 Å². The Kier molecular flexibility index (Phi) is 6.17. The van der Waals surface area contributed by atoms with Crippen LogP contribution in [0.4, 0.5) is 0 Å². The van der Waals surface area contributed by atoms with Crippen molar-refractivity contribution in [2.24, 2.45) is 11.7 Å². The number of carbonyl (C=O) groups is 1. The predicted octanol–water partition coefficient (Wildman–Crippen LogP) is 0.261. The van der Waals surface area contributed by atoms with E-state index in [4.69, 9.17) is 5.73 Å². The van der Waals surface area contributed by atoms with Crippen LogP contribution in [0.3, 0.4) is 0 Å². The van der Waals surface area contributed by atoms with E-state index in [2.05, 4.69) is 10.6 Å². The average Bonchev–Trinajstić information content (AvgIpc) is 2.19. The number of carbonyl (C=O) groups excluding carboxylic acids is 1. The SMILES string of the molecule is CC(C)(CN)NC(=O)[C@@H]1CCCNC1.Cl. The second kappa shape index (κ2) is 6.30. The first-order chi connectivity index (χ1) is 6.55. The number of rotatable bonds is 3. The van der Waals surface area contributed by atoms with Crippen molar-refractivity contribution in [3.05, 3.63) is 0 Å². The Morgan fingerprint density at radius 3 is 2.73 bits per heavy atom. The normalized spacial score (nSPS) is 21.7. The minimum Gasteiger partial charge on any atom is -0.350 e. The maximum atomic E-state index is 11.8. The highest BCUT2D eigenvalue weighted by atomic mass is 35.5. The van der Waals surface area contributed by atoms with Gasteiger partial charge in [-0.25, -0.2) is 0 Å². The van der Waals surface area contributed by atoms with Crippen molar-refractivity contribution >= 4 is 18.3 Å². The molecule has 1 aliphatic rings. The molecule has 0 saturated carbocycles. The summed E-state index contributed by atoms with van der Waals surface area (Å²) in [6, 6.07) is 0. The van der Waals surface area contributed by atoms with E-state index in [-0.39, 0.29) is 29.8 Å². The summed E-state index contributed by atoms with van der Waals surface area (Å²) in [5.74, 6) is 0.252. The van der Waals surface area contributed by atoms with Gasteiger partial charge < -0.3 is 16.4 Å². The van der Waals surface area contributed by atoms with Gasteiger partial charge in [0.15, 0.2) is 0 Å². The maximum Gasteiger partial charge on any atom is 0.224 e. The number of halogens is 1. The van der Waals surface area contributed by atoms with Crippen LogP contribution >= 0.6 is 12.4 Å². The van der Waals surface area contributed by atoms with E-state index in [1.165, 1.54) is 0 Å². The minimum absolute atomic E-state index is 0. The maximum absolute atomic E-state index is 11.8. The number of piperidine rings is 1. The van der Waals surface area contributed by atoms with Crippen LogP contribution in [0.2, 0.25) is 0 Å². The van der Waals surface area contributed by atoms with Crippen LogP contribution in [-0.2, 0) is 4.79 Å². The Bertz CT molecular complexity index is 203. The lowest BCUT2D eigenvalue weighted by Crippen LogP contribution is -2.52. The largest absolute Gasteiger partial charge is 0.350 e. The summed E-state index contributed by atoms with van der Waals surface area (Å²) >= 11 is 0. The van der Waals surface area contributed by atoms with Gasteiger partial charge in [0.1, 0.15) is 0 Å². The molecular formula is C10H22ClN3O. The van der Waals surface area contributed by atoms with E-state index < -0.39 is 0 Å². The zero-order valence-electron chi connectivity index (χ0n) is 9.51. The van der Waals surface area contributed by atoms with Gasteiger partial charge in [-0.3, -0.25) is 4.79 Å². The molecule has 0 aromatic carbocycles. The van der Waals surface area contributed by atoms with Crippen LogP contribution in [0, 0.1) is 5.92 Å². The molecule has 1 amide bonds. The first kappa shape index (κ1) is 14.7. The van der Waals surface area contributed by atoms with Crippen LogP contribution in [0.15, 0.2) is 0 Å². The topological polar surface area (TPSA) is 67.1 Å². The third-order valence-corrected chi connectivity index (χ3v) is 2.64. The Morgan fingerprint density at radius 2 is 2.27 bits per heavy atom. The molecule has 0 bridgehead atoms. The van der Waals surface area contributed by atoms with E-state index in [1.54, 1.807) is 0 Å². The van der Waals surface area contributed by atoms with Crippen LogP contribution in [-0.4, -0.2) is 31.1 Å². The summed E-state index contributed by atoms with van der Waals surface area (Å²) in [7, 11) is 0. The number of amides is 1. The summed E-state index contributed by atoms with van der Waals surface area (Å²) in [6.45, 7) is 6.19. The first-order valence-electron chi connectivity index (χ1n) is 5.28. The lowest BCUT2D eigenvalue weighted by molar-refractivity contribution is -0.127. The monoisotopic (exact) mass is 235 g/mol. The quantitative estimate of drug-likeness (QED) is 0.658. The third-order valence-electron chi connectivity index (χ3n) is 2.64. The van der Waals surface area contributed by atoms with E-state index in [0.717, 1.165) is 25.9 Å². The minimum atomic E-state index is -0.283. The average molecular weight is 236 g/mol. The molecule has 4 nitrogen and oxygen atoms in total. The number of nitrogens with one attached hydrogen (secondary N) is 2. The number of hydrogen-bond acceptors (Lipinski definition) is 3. The molecule has 0 aromatic heterocycles. The number of hydrogen-bond donors (Lipinski definition) is 3. The molecule has 1 atom stereocenters. The smallest absolute Gasteiger partial charge is 0.224 e. The molecule has 5 heteroatoms. The van der Waals surface area contributed by atoms with Crippen molar-refractivity contribution in [2.45, 2.75) is 32.2 Å². The van der Waals surface area contributed by atoms with Crippen LogP contribution < -0.4 is 16.4 Å². The summed E-state index contributed by atoms with van der Waals surface area (Å²) in [6.07, 6.45) is 2.07. The van der Waals surface area contributed by atoms with E-state index in [9.17, 15) is 4.79 Å². The summed E-state index contributed by atoms with van der Waals surface area (Å²) in [5, 5.41) is 6.20. The van der Waals surface area contributed by atoms with Crippen molar-refractivity contribution < 1.29 is 4.79 Å². The molecule has 1 rings (SSSR count). The van der Waals surface area contributed by atoms with Gasteiger partial charge in [0.2, 0.25) is 5.91 Å². The third kappa shape index (κ3) is 4.82. The molecular weight excluding hydrogens is 214 g/mol. The molecule has 1 aliphatic heterocycles. The van der Waals surface area contributed by atoms with Crippen LogP contribution in [0.5, 0.6) is 0 Å². The summed E-state index contributed by atoms with van der Waals surface area (Å²) in [4.78, 5) is 11.8. The van der Waals surface area contributed by atoms with E-state index in [0.29, 0.717) is 6.54 Å². The lowest BCUT2D eigenvalue weighted by Gasteiger charge is -2.29. The molecule has 15 heavy (non-hydrogen) atoms. The second-order valence-corrected chi connectivity index (χ2v) is 4.62. The van der Waals surface area contributed by atoms with Crippen molar-refractivity contribution in [2.75, 3.05) is 19.6 Å². The van der Waals surface area contributed by atoms with Crippen molar-refractivity contribution in [1.82, 2.24) is 10.6 Å². The fourth-order valence-electron chi connectivity index (χ4n) is 1.56. The van der Waals surface area contributed by atoms with Crippen molar-refractivity contribution in [3.8, 4) is 0 Å². The fraction of sp³-hybridized carbons (Fsp3) is 0.900. The van der Waals surface area contributed by atoms with Crippen molar-refractivity contribution in [1.29, 1.82) is 0 Å². The molecule has 0 spiro atoms. The second-order valence-electron chi connectivity index (χ2n) is 4.62. The van der Waals surface area contributed by atoms with Gasteiger partial charge >= 0.3 is 0 Å². The summed E-state index contributed by atoms with van der Waals surface area (Å²) in [5.41, 5.74) is 5.27. The highest BCUT2D eigenvalue weighted by Crippen LogP contribution is 2.11. The zero-order chi connectivity index (χ0) is 10.6. The van der Waals surface area contributed by atoms with Gasteiger partial charge in [-0.2, -0.15) is 0 Å². The Morgan fingerprint density at radius 1 is 1.60 bits per heavy atom. The summed E-state index contributed by atoms with van der Waals surface area (Å²) < 4.78 is 0. The molecule has 1 fully saturated rings. The Hall–Kier alpha value is -0.320. The van der Waals surface area contributed by atoms with Crippen molar-refractivity contribution in [3.63, 3.8) is 0 Å². The standard InChI is InChI=1S/C10H21N3O.ClH/c1-10(2,7-11)13-9(14)8-4-3-5-12-6-8;/h8,12H,3-7,11H2,1-2H3,(H,13,14);1H/t8-;/m1./s1. The van der Waals surface area contributed by atoms with Gasteiger partial charge in [-0.1, -0.05) is 0 Å². The lowest BCUT2D eigenvalue weighted by atomic mass is 9.96. The Balaban J connectivity index is 0.00000196. The number of nitrogens with two attached hydrogens (primary N) is 1. The van der Waals surface area contributed by atoms with Crippen LogP contribution in [0.1, 0.15) is 26.7 Å². The highest BCUT2D eigenvalue weighted by molar-refractivity contribution is 5.85. The van der Waals surface area contributed by atoms with Gasteiger partial charge in [-0.15, -0.1) is 12.4 Å². The molecule has 4 N–H and O–H groups in total. The molecule has 1 heterocycles. The van der Waals surface area contributed by atoms with Crippen LogP contribution in [0.25, 0.3) is 0 Å². The molecule has 90 valence electrons. The Labute approximate surface area is 97.8 Å².